The maximum Gasteiger partial charge on any atom is 0.123 e. The predicted molar refractivity (Wildman–Crippen MR) is 69.0 cm³/mol. The third kappa shape index (κ3) is 1.83. The van der Waals surface area contributed by atoms with Gasteiger partial charge in [0.25, 0.3) is 0 Å². The Morgan fingerprint density at radius 3 is 2.50 bits per heavy atom. The summed E-state index contributed by atoms with van der Waals surface area (Å²) in [7, 11) is 0. The van der Waals surface area contributed by atoms with E-state index in [1.165, 1.54) is 23.3 Å². The smallest absolute Gasteiger partial charge is 0.123 e. The Morgan fingerprint density at radius 1 is 1.06 bits per heavy atom. The van der Waals surface area contributed by atoms with Gasteiger partial charge >= 0.3 is 0 Å². The van der Waals surface area contributed by atoms with Gasteiger partial charge in [-0.25, -0.2) is 4.39 Å². The van der Waals surface area contributed by atoms with Crippen molar-refractivity contribution in [2.45, 2.75) is 25.4 Å². The number of hydrogen-bond donors (Lipinski definition) is 1. The molecule has 2 aromatic carbocycles. The molecule has 1 N–H and O–H groups in total. The minimum Gasteiger partial charge on any atom is -0.388 e. The molecule has 0 bridgehead atoms. The molecule has 0 aliphatic heterocycles. The van der Waals surface area contributed by atoms with Crippen molar-refractivity contribution >= 4 is 0 Å². The monoisotopic (exact) mass is 242 g/mol. The first-order valence-corrected chi connectivity index (χ1v) is 6.19. The topological polar surface area (TPSA) is 20.2 Å². The van der Waals surface area contributed by atoms with Gasteiger partial charge in [-0.05, 0) is 42.2 Å². The van der Waals surface area contributed by atoms with Crippen LogP contribution >= 0.6 is 0 Å². The van der Waals surface area contributed by atoms with Crippen LogP contribution in [0.15, 0.2) is 42.5 Å². The lowest BCUT2D eigenvalue weighted by Gasteiger charge is -2.12. The molecule has 0 spiro atoms. The van der Waals surface area contributed by atoms with Gasteiger partial charge in [0.2, 0.25) is 0 Å². The number of aliphatic hydroxyl groups is 1. The van der Waals surface area contributed by atoms with Crippen molar-refractivity contribution in [2.24, 2.45) is 0 Å². The van der Waals surface area contributed by atoms with Crippen LogP contribution in [-0.4, -0.2) is 5.11 Å². The summed E-state index contributed by atoms with van der Waals surface area (Å²) >= 11 is 0. The van der Waals surface area contributed by atoms with Crippen LogP contribution < -0.4 is 0 Å². The highest BCUT2D eigenvalue weighted by molar-refractivity contribution is 5.45. The van der Waals surface area contributed by atoms with Crippen LogP contribution in [0.2, 0.25) is 0 Å². The first-order chi connectivity index (χ1) is 8.65. The lowest BCUT2D eigenvalue weighted by Crippen LogP contribution is -1.97. The molecule has 0 saturated heterocycles. The van der Waals surface area contributed by atoms with Crippen molar-refractivity contribution in [1.29, 1.82) is 0 Å². The second-order valence-electron chi connectivity index (χ2n) is 4.99. The lowest BCUT2D eigenvalue weighted by molar-refractivity contribution is 0.176. The van der Waals surface area contributed by atoms with Crippen LogP contribution in [0.4, 0.5) is 4.39 Å². The molecule has 0 radical (unpaired) electrons. The summed E-state index contributed by atoms with van der Waals surface area (Å²) in [6.07, 6.45) is 0.278. The molecular formula is C16H15FO. The van der Waals surface area contributed by atoms with Gasteiger partial charge in [0.1, 0.15) is 5.82 Å². The van der Waals surface area contributed by atoms with E-state index in [4.69, 9.17) is 0 Å². The average molecular weight is 242 g/mol. The molecule has 0 fully saturated rings. The highest BCUT2D eigenvalue weighted by Crippen LogP contribution is 2.44. The Morgan fingerprint density at radius 2 is 1.78 bits per heavy atom. The number of aryl methyl sites for hydroxylation is 1. The van der Waals surface area contributed by atoms with Crippen LogP contribution in [0.3, 0.4) is 0 Å². The molecule has 1 nitrogen and oxygen atoms in total. The summed E-state index contributed by atoms with van der Waals surface area (Å²) < 4.78 is 13.0. The Hall–Kier alpha value is -1.67. The van der Waals surface area contributed by atoms with E-state index in [2.05, 4.69) is 6.07 Å². The van der Waals surface area contributed by atoms with E-state index in [1.807, 2.05) is 31.2 Å². The van der Waals surface area contributed by atoms with Gasteiger partial charge in [0.05, 0.1) is 6.10 Å². The van der Waals surface area contributed by atoms with Crippen molar-refractivity contribution in [3.8, 4) is 0 Å². The number of benzene rings is 2. The van der Waals surface area contributed by atoms with Gasteiger partial charge in [0.15, 0.2) is 0 Å². The van der Waals surface area contributed by atoms with Crippen LogP contribution in [0.25, 0.3) is 0 Å². The molecule has 0 saturated carbocycles. The molecule has 0 heterocycles. The van der Waals surface area contributed by atoms with E-state index in [-0.39, 0.29) is 11.7 Å². The highest BCUT2D eigenvalue weighted by Gasteiger charge is 2.30. The zero-order valence-electron chi connectivity index (χ0n) is 10.2. The molecule has 0 amide bonds. The van der Waals surface area contributed by atoms with E-state index >= 15 is 0 Å². The van der Waals surface area contributed by atoms with Gasteiger partial charge in [-0.3, -0.25) is 0 Å². The predicted octanol–water partition coefficient (Wildman–Crippen LogP) is 3.70. The highest BCUT2D eigenvalue weighted by atomic mass is 19.1. The van der Waals surface area contributed by atoms with E-state index in [1.54, 1.807) is 0 Å². The van der Waals surface area contributed by atoms with Crippen molar-refractivity contribution in [1.82, 2.24) is 0 Å². The Kier molecular flexibility index (Phi) is 2.67. The summed E-state index contributed by atoms with van der Waals surface area (Å²) in [5.74, 6) is -0.0442. The number of hydrogen-bond acceptors (Lipinski definition) is 1. The fourth-order valence-corrected chi connectivity index (χ4v) is 2.79. The van der Waals surface area contributed by atoms with Gasteiger partial charge in [0, 0.05) is 5.92 Å². The first-order valence-electron chi connectivity index (χ1n) is 6.19. The first kappa shape index (κ1) is 11.4. The summed E-state index contributed by atoms with van der Waals surface area (Å²) in [5.41, 5.74) is 4.44. The molecule has 2 heteroatoms. The number of rotatable bonds is 1. The molecular weight excluding hydrogens is 227 g/mol. The molecule has 1 aliphatic rings. The van der Waals surface area contributed by atoms with Gasteiger partial charge in [-0.1, -0.05) is 35.9 Å². The number of fused-ring (bicyclic) bond motifs is 1. The molecule has 1 aliphatic carbocycles. The Bertz CT molecular complexity index is 574. The molecule has 18 heavy (non-hydrogen) atoms. The van der Waals surface area contributed by atoms with Crippen LogP contribution in [0.5, 0.6) is 0 Å². The molecule has 92 valence electrons. The minimum atomic E-state index is -0.407. The van der Waals surface area contributed by atoms with Gasteiger partial charge in [-0.15, -0.1) is 0 Å². The van der Waals surface area contributed by atoms with E-state index in [0.29, 0.717) is 6.42 Å². The third-order valence-corrected chi connectivity index (χ3v) is 3.71. The summed E-state index contributed by atoms with van der Waals surface area (Å²) in [6, 6.07) is 12.7. The quantitative estimate of drug-likeness (QED) is 0.808. The van der Waals surface area contributed by atoms with Crippen LogP contribution in [0.1, 0.15) is 40.7 Å². The maximum atomic E-state index is 13.0. The second kappa shape index (κ2) is 4.21. The Labute approximate surface area is 106 Å². The minimum absolute atomic E-state index is 0.176. The zero-order valence-corrected chi connectivity index (χ0v) is 10.2. The van der Waals surface area contributed by atoms with Crippen LogP contribution in [-0.2, 0) is 0 Å². The summed E-state index contributed by atoms with van der Waals surface area (Å²) in [6.45, 7) is 2.05. The fourth-order valence-electron chi connectivity index (χ4n) is 2.79. The Balaban J connectivity index is 2.06. The summed E-state index contributed by atoms with van der Waals surface area (Å²) in [4.78, 5) is 0. The van der Waals surface area contributed by atoms with E-state index in [9.17, 15) is 9.50 Å². The van der Waals surface area contributed by atoms with E-state index < -0.39 is 6.10 Å². The third-order valence-electron chi connectivity index (χ3n) is 3.71. The standard InChI is InChI=1S/C16H15FO/c1-10-2-7-13-15(8-10)14(9-16(13)18)11-3-5-12(17)6-4-11/h2-8,14,16,18H,9H2,1H3/t14-,16+/m0/s1. The van der Waals surface area contributed by atoms with Gasteiger partial charge < -0.3 is 5.11 Å². The molecule has 3 rings (SSSR count). The van der Waals surface area contributed by atoms with Crippen LogP contribution in [0, 0.1) is 12.7 Å². The molecule has 0 aromatic heterocycles. The molecule has 2 aromatic rings. The van der Waals surface area contributed by atoms with Crippen molar-refractivity contribution in [2.75, 3.05) is 0 Å². The van der Waals surface area contributed by atoms with E-state index in [0.717, 1.165) is 11.1 Å². The maximum absolute atomic E-state index is 13.0. The van der Waals surface area contributed by atoms with Crippen molar-refractivity contribution in [3.63, 3.8) is 0 Å². The van der Waals surface area contributed by atoms with Crippen molar-refractivity contribution < 1.29 is 9.50 Å². The fraction of sp³-hybridized carbons (Fsp3) is 0.250. The largest absolute Gasteiger partial charge is 0.388 e. The van der Waals surface area contributed by atoms with Crippen molar-refractivity contribution in [3.05, 3.63) is 70.5 Å². The average Bonchev–Trinajstić information content (AvgIpc) is 2.67. The zero-order chi connectivity index (χ0) is 12.7. The SMILES string of the molecule is Cc1ccc2c(c1)[C@H](c1ccc(F)cc1)C[C@H]2O. The lowest BCUT2D eigenvalue weighted by atomic mass is 9.92. The molecule has 2 atom stereocenters. The second-order valence-corrected chi connectivity index (χ2v) is 4.99. The number of halogens is 1. The van der Waals surface area contributed by atoms with Gasteiger partial charge in [-0.2, -0.15) is 0 Å². The molecule has 0 unspecified atom stereocenters. The normalized spacial score (nSPS) is 21.9. The number of aliphatic hydroxyl groups excluding tert-OH is 1. The summed E-state index contributed by atoms with van der Waals surface area (Å²) in [5, 5.41) is 10.1.